The molecule has 0 aromatic heterocycles. The molecule has 4 unspecified atom stereocenters. The Labute approximate surface area is 136 Å². The monoisotopic (exact) mass is 324 g/mol. The van der Waals surface area contributed by atoms with Crippen LogP contribution in [0.1, 0.15) is 0 Å². The second-order valence-corrected chi connectivity index (χ2v) is 6.02. The fourth-order valence-electron chi connectivity index (χ4n) is 3.29. The molecular weight excluding hydrogens is 312 g/mol. The van der Waals surface area contributed by atoms with Gasteiger partial charge in [0.1, 0.15) is 5.76 Å². The average Bonchev–Trinajstić information content (AvgIpc) is 3.02. The molecule has 2 fully saturated rings. The van der Waals surface area contributed by atoms with Crippen molar-refractivity contribution in [3.63, 3.8) is 0 Å². The van der Waals surface area contributed by atoms with Crippen LogP contribution in [0.3, 0.4) is 0 Å². The van der Waals surface area contributed by atoms with Crippen LogP contribution in [0.15, 0.2) is 59.9 Å². The van der Waals surface area contributed by atoms with Gasteiger partial charge in [0.05, 0.1) is 23.7 Å². The smallest absolute Gasteiger partial charge is 0.321 e. The number of hydrogen-bond acceptors (Lipinski definition) is 6. The van der Waals surface area contributed by atoms with E-state index < -0.39 is 35.7 Å². The highest BCUT2D eigenvalue weighted by Gasteiger charge is 2.44. The van der Waals surface area contributed by atoms with Gasteiger partial charge in [-0.2, -0.15) is 0 Å². The third kappa shape index (κ3) is 2.03. The lowest BCUT2D eigenvalue weighted by Crippen LogP contribution is -2.21. The van der Waals surface area contributed by atoms with Crippen molar-refractivity contribution >= 4 is 23.7 Å². The zero-order valence-corrected chi connectivity index (χ0v) is 12.4. The summed E-state index contributed by atoms with van der Waals surface area (Å²) in [6.07, 6.45) is 9.37. The Morgan fingerprint density at radius 1 is 0.792 bits per heavy atom. The molecule has 0 spiro atoms. The van der Waals surface area contributed by atoms with Crippen LogP contribution in [-0.4, -0.2) is 23.7 Å². The molecule has 2 saturated heterocycles. The SMILES string of the molecule is C=C1OC(=O)C2C=C(C(=O)C3=CC4C(=O)OC(=O)C4C=C3)C=CC12. The van der Waals surface area contributed by atoms with Gasteiger partial charge in [-0.15, -0.1) is 0 Å². The summed E-state index contributed by atoms with van der Waals surface area (Å²) < 4.78 is 9.58. The number of allylic oxidation sites excluding steroid dienone is 5. The average molecular weight is 324 g/mol. The molecule has 120 valence electrons. The fraction of sp³-hybridized carbons (Fsp3) is 0.222. The molecule has 4 rings (SSSR count). The van der Waals surface area contributed by atoms with Crippen LogP contribution >= 0.6 is 0 Å². The molecule has 6 heteroatoms. The summed E-state index contributed by atoms with van der Waals surface area (Å²) in [6.45, 7) is 3.69. The van der Waals surface area contributed by atoms with Gasteiger partial charge in [0, 0.05) is 11.1 Å². The first-order valence-electron chi connectivity index (χ1n) is 7.46. The lowest BCUT2D eigenvalue weighted by molar-refractivity contribution is -0.153. The van der Waals surface area contributed by atoms with Crippen LogP contribution in [0.4, 0.5) is 0 Å². The normalized spacial score (nSPS) is 33.5. The van der Waals surface area contributed by atoms with Gasteiger partial charge in [0.25, 0.3) is 0 Å². The van der Waals surface area contributed by atoms with Crippen molar-refractivity contribution in [3.05, 3.63) is 59.9 Å². The van der Waals surface area contributed by atoms with E-state index in [4.69, 9.17) is 4.74 Å². The quantitative estimate of drug-likeness (QED) is 0.560. The number of carbonyl (C=O) groups is 4. The standard InChI is InChI=1S/C18H12O6/c1-8-11-4-2-9(6-13(11)17(21)23-8)15(19)10-3-5-12-14(7-10)18(22)24-16(12)20/h2-7,11-14H,1H2. The fourth-order valence-corrected chi connectivity index (χ4v) is 3.29. The van der Waals surface area contributed by atoms with Crippen LogP contribution in [0.2, 0.25) is 0 Å². The molecule has 0 N–H and O–H groups in total. The zero-order valence-electron chi connectivity index (χ0n) is 12.4. The summed E-state index contributed by atoms with van der Waals surface area (Å²) in [5.41, 5.74) is 0.636. The Morgan fingerprint density at radius 3 is 1.96 bits per heavy atom. The van der Waals surface area contributed by atoms with Gasteiger partial charge < -0.3 is 9.47 Å². The molecule has 24 heavy (non-hydrogen) atoms. The van der Waals surface area contributed by atoms with Crippen molar-refractivity contribution < 1.29 is 28.7 Å². The molecule has 0 amide bonds. The van der Waals surface area contributed by atoms with Gasteiger partial charge in [-0.05, 0) is 0 Å². The minimum atomic E-state index is -0.765. The largest absolute Gasteiger partial charge is 0.431 e. The number of ketones is 1. The van der Waals surface area contributed by atoms with E-state index in [1.54, 1.807) is 18.2 Å². The summed E-state index contributed by atoms with van der Waals surface area (Å²) in [4.78, 5) is 47.6. The summed E-state index contributed by atoms with van der Waals surface area (Å²) in [5.74, 6) is -3.87. The number of Topliss-reactive ketones (excluding diaryl/α,β-unsaturated/α-hetero) is 1. The molecular formula is C18H12O6. The number of cyclic esters (lactones) is 3. The van der Waals surface area contributed by atoms with E-state index in [2.05, 4.69) is 11.3 Å². The van der Waals surface area contributed by atoms with Crippen molar-refractivity contribution in [2.75, 3.05) is 0 Å². The van der Waals surface area contributed by atoms with Crippen LogP contribution in [0.5, 0.6) is 0 Å². The molecule has 2 aliphatic carbocycles. The van der Waals surface area contributed by atoms with Gasteiger partial charge >= 0.3 is 17.9 Å². The first-order valence-corrected chi connectivity index (χ1v) is 7.46. The van der Waals surface area contributed by atoms with Gasteiger partial charge in [-0.1, -0.05) is 43.0 Å². The molecule has 4 atom stereocenters. The Kier molecular flexibility index (Phi) is 3.03. The second kappa shape index (κ2) is 4.99. The number of hydrogen-bond donors (Lipinski definition) is 0. The van der Waals surface area contributed by atoms with Crippen molar-refractivity contribution in [2.24, 2.45) is 23.7 Å². The molecule has 0 aromatic carbocycles. The van der Waals surface area contributed by atoms with Crippen LogP contribution in [0, 0.1) is 23.7 Å². The lowest BCUT2D eigenvalue weighted by Gasteiger charge is -2.17. The highest BCUT2D eigenvalue weighted by Crippen LogP contribution is 2.38. The maximum Gasteiger partial charge on any atom is 0.321 e. The second-order valence-electron chi connectivity index (χ2n) is 6.02. The third-order valence-corrected chi connectivity index (χ3v) is 4.60. The molecule has 0 radical (unpaired) electrons. The molecule has 2 heterocycles. The predicted molar refractivity (Wildman–Crippen MR) is 79.7 cm³/mol. The lowest BCUT2D eigenvalue weighted by atomic mass is 9.82. The Bertz CT molecular complexity index is 770. The number of fused-ring (bicyclic) bond motifs is 2. The van der Waals surface area contributed by atoms with Crippen LogP contribution in [-0.2, 0) is 28.7 Å². The topological polar surface area (TPSA) is 86.7 Å². The van der Waals surface area contributed by atoms with Gasteiger partial charge in [0.15, 0.2) is 5.78 Å². The minimum Gasteiger partial charge on any atom is -0.431 e. The molecule has 0 bridgehead atoms. The first-order chi connectivity index (χ1) is 11.5. The summed E-state index contributed by atoms with van der Waals surface area (Å²) in [7, 11) is 0. The summed E-state index contributed by atoms with van der Waals surface area (Å²) in [6, 6.07) is 0. The first kappa shape index (κ1) is 14.6. The minimum absolute atomic E-state index is 0.253. The molecule has 6 nitrogen and oxygen atoms in total. The maximum atomic E-state index is 12.7. The zero-order chi connectivity index (χ0) is 17.0. The highest BCUT2D eigenvalue weighted by atomic mass is 16.6. The van der Waals surface area contributed by atoms with E-state index in [0.29, 0.717) is 16.9 Å². The molecule has 2 aliphatic heterocycles. The van der Waals surface area contributed by atoms with E-state index in [1.807, 2.05) is 0 Å². The van der Waals surface area contributed by atoms with Gasteiger partial charge in [0.2, 0.25) is 0 Å². The van der Waals surface area contributed by atoms with Crippen molar-refractivity contribution in [1.29, 1.82) is 0 Å². The van der Waals surface area contributed by atoms with Crippen molar-refractivity contribution in [2.45, 2.75) is 0 Å². The van der Waals surface area contributed by atoms with E-state index in [1.165, 1.54) is 18.2 Å². The predicted octanol–water partition coefficient (Wildman–Crippen LogP) is 1.17. The Hall–Kier alpha value is -3.02. The molecule has 0 aromatic rings. The highest BCUT2D eigenvalue weighted by molar-refractivity contribution is 6.13. The number of carbonyl (C=O) groups excluding carboxylic acids is 4. The maximum absolute atomic E-state index is 12.7. The summed E-state index contributed by atoms with van der Waals surface area (Å²) in [5, 5.41) is 0. The molecule has 0 saturated carbocycles. The molecule has 4 aliphatic rings. The van der Waals surface area contributed by atoms with E-state index >= 15 is 0 Å². The number of ether oxygens (including phenoxy) is 2. The van der Waals surface area contributed by atoms with E-state index in [0.717, 1.165) is 0 Å². The Balaban J connectivity index is 1.61. The third-order valence-electron chi connectivity index (χ3n) is 4.60. The van der Waals surface area contributed by atoms with Gasteiger partial charge in [-0.3, -0.25) is 19.2 Å². The number of esters is 3. The van der Waals surface area contributed by atoms with Crippen LogP contribution in [0.25, 0.3) is 0 Å². The van der Waals surface area contributed by atoms with Gasteiger partial charge in [-0.25, -0.2) is 0 Å². The van der Waals surface area contributed by atoms with E-state index in [-0.39, 0.29) is 11.7 Å². The van der Waals surface area contributed by atoms with Crippen molar-refractivity contribution in [1.82, 2.24) is 0 Å². The summed E-state index contributed by atoms with van der Waals surface area (Å²) >= 11 is 0. The van der Waals surface area contributed by atoms with Crippen molar-refractivity contribution in [3.8, 4) is 0 Å². The number of rotatable bonds is 2. The van der Waals surface area contributed by atoms with Crippen LogP contribution < -0.4 is 0 Å². The van der Waals surface area contributed by atoms with E-state index in [9.17, 15) is 19.2 Å². The Morgan fingerprint density at radius 2 is 1.29 bits per heavy atom.